The lowest BCUT2D eigenvalue weighted by Crippen LogP contribution is -2.51. The van der Waals surface area contributed by atoms with Crippen LogP contribution in [-0.2, 0) is 14.8 Å². The molecule has 0 unspecified atom stereocenters. The predicted octanol–water partition coefficient (Wildman–Crippen LogP) is 1.60. The highest BCUT2D eigenvalue weighted by molar-refractivity contribution is 7.90. The molecule has 8 nitrogen and oxygen atoms in total. The van der Waals surface area contributed by atoms with Gasteiger partial charge in [-0.25, -0.2) is 5.01 Å². The number of carbonyl (C=O) groups excluding carboxylic acids is 1. The number of benzene rings is 1. The molecule has 0 aliphatic carbocycles. The molecule has 0 bridgehead atoms. The first-order valence-electron chi connectivity index (χ1n) is 8.85. The molecule has 138 valence electrons. The lowest BCUT2D eigenvalue weighted by atomic mass is 10.00. The molecule has 0 saturated carbocycles. The first-order valence-corrected chi connectivity index (χ1v) is 10.3. The van der Waals surface area contributed by atoms with Crippen LogP contribution in [0.2, 0.25) is 0 Å². The zero-order valence-electron chi connectivity index (χ0n) is 14.6. The quantitative estimate of drug-likeness (QED) is 0.801. The van der Waals surface area contributed by atoms with Crippen molar-refractivity contribution in [2.45, 2.75) is 43.5 Å². The second-order valence-electron chi connectivity index (χ2n) is 6.63. The first-order chi connectivity index (χ1) is 12.5. The van der Waals surface area contributed by atoms with Gasteiger partial charge in [0.25, 0.3) is 16.0 Å². The topological polar surface area (TPSA) is 85.6 Å². The highest BCUT2D eigenvalue weighted by atomic mass is 32.2. The van der Waals surface area contributed by atoms with Crippen molar-refractivity contribution in [3.05, 3.63) is 24.3 Å². The summed E-state index contributed by atoms with van der Waals surface area (Å²) in [6.45, 7) is 2.98. The van der Waals surface area contributed by atoms with E-state index in [0.29, 0.717) is 5.69 Å². The van der Waals surface area contributed by atoms with Gasteiger partial charge in [0.15, 0.2) is 0 Å². The van der Waals surface area contributed by atoms with Crippen molar-refractivity contribution in [2.75, 3.05) is 18.1 Å². The minimum Gasteiger partial charge on any atom is -0.338 e. The summed E-state index contributed by atoms with van der Waals surface area (Å²) < 4.78 is 28.4. The van der Waals surface area contributed by atoms with E-state index in [2.05, 4.69) is 16.3 Å². The van der Waals surface area contributed by atoms with Crippen LogP contribution in [0, 0.1) is 0 Å². The number of anilines is 1. The number of nitrogens with zero attached hydrogens (tertiary/aromatic N) is 5. The number of piperidine rings is 1. The summed E-state index contributed by atoms with van der Waals surface area (Å²) in [6, 6.07) is 6.90. The fraction of sp³-hybridized carbons (Fsp3) is 0.471. The fourth-order valence-electron chi connectivity index (χ4n) is 3.75. The Hall–Kier alpha value is -2.42. The van der Waals surface area contributed by atoms with E-state index in [1.807, 2.05) is 4.90 Å². The van der Waals surface area contributed by atoms with Gasteiger partial charge in [-0.1, -0.05) is 19.1 Å². The molecule has 26 heavy (non-hydrogen) atoms. The van der Waals surface area contributed by atoms with Gasteiger partial charge in [0.1, 0.15) is 17.8 Å². The molecule has 0 aromatic heterocycles. The second kappa shape index (κ2) is 6.39. The summed E-state index contributed by atoms with van der Waals surface area (Å²) >= 11 is 0. The summed E-state index contributed by atoms with van der Waals surface area (Å²) in [6.07, 6.45) is 5.62. The van der Waals surface area contributed by atoms with E-state index in [0.717, 1.165) is 32.2 Å². The molecule has 3 aliphatic heterocycles. The fourth-order valence-corrected chi connectivity index (χ4v) is 4.86. The van der Waals surface area contributed by atoms with Gasteiger partial charge in [0.2, 0.25) is 5.91 Å². The monoisotopic (exact) mass is 375 g/mol. The predicted molar refractivity (Wildman–Crippen MR) is 98.4 cm³/mol. The van der Waals surface area contributed by atoms with E-state index in [1.165, 1.54) is 12.4 Å². The van der Waals surface area contributed by atoms with Crippen LogP contribution >= 0.6 is 0 Å². The second-order valence-corrected chi connectivity index (χ2v) is 8.21. The maximum absolute atomic E-state index is 12.9. The number of aliphatic imine (C=N–C) groups is 1. The number of hydrogen-bond acceptors (Lipinski definition) is 6. The molecular weight excluding hydrogens is 354 g/mol. The minimum atomic E-state index is -3.77. The van der Waals surface area contributed by atoms with Crippen molar-refractivity contribution in [2.24, 2.45) is 9.39 Å². The zero-order valence-corrected chi connectivity index (χ0v) is 15.4. The molecular formula is C17H21N5O3S. The van der Waals surface area contributed by atoms with Gasteiger partial charge in [-0.15, -0.1) is 4.40 Å². The third-order valence-corrected chi connectivity index (χ3v) is 6.35. The number of guanidine groups is 1. The smallest absolute Gasteiger partial charge is 0.287 e. The third-order valence-electron chi connectivity index (χ3n) is 5.04. The molecule has 0 radical (unpaired) electrons. The number of hydrogen-bond donors (Lipinski definition) is 0. The van der Waals surface area contributed by atoms with Crippen LogP contribution in [0.1, 0.15) is 32.6 Å². The number of hydrazine groups is 1. The Labute approximate surface area is 152 Å². The van der Waals surface area contributed by atoms with Crippen LogP contribution in [0.25, 0.3) is 0 Å². The summed E-state index contributed by atoms with van der Waals surface area (Å²) in [7, 11) is -3.77. The Morgan fingerprint density at radius 2 is 2.08 bits per heavy atom. The molecule has 1 saturated heterocycles. The van der Waals surface area contributed by atoms with Gasteiger partial charge in [-0.3, -0.25) is 9.80 Å². The Kier molecular flexibility index (Phi) is 4.18. The molecule has 1 atom stereocenters. The lowest BCUT2D eigenvalue weighted by molar-refractivity contribution is -0.135. The average molecular weight is 375 g/mol. The minimum absolute atomic E-state index is 0.0233. The maximum Gasteiger partial charge on any atom is 0.287 e. The molecule has 1 aromatic carbocycles. The number of likely N-dealkylation sites (tertiary alicyclic amines) is 1. The molecule has 0 N–H and O–H groups in total. The maximum atomic E-state index is 12.9. The Morgan fingerprint density at radius 1 is 1.27 bits per heavy atom. The summed E-state index contributed by atoms with van der Waals surface area (Å²) in [5.41, 5.74) is 0.466. The number of fused-ring (bicyclic) bond motifs is 3. The normalized spacial score (nSPS) is 23.5. The standard InChI is InChI=1S/C17H21N5O3S/c1-2-13-7-5-6-10-21(13)16(23)11-20-12-18-17-19-26(24,25)15-9-4-3-8-14(15)22(17)20/h3-4,8-9,12-13H,2,5-7,10-11H2,1H3/t13-/m0/s1. The molecule has 1 aromatic rings. The van der Waals surface area contributed by atoms with E-state index in [1.54, 1.807) is 28.2 Å². The van der Waals surface area contributed by atoms with Crippen molar-refractivity contribution < 1.29 is 13.2 Å². The Bertz CT molecular complexity index is 895. The summed E-state index contributed by atoms with van der Waals surface area (Å²) in [5.74, 6) is 0.0948. The third kappa shape index (κ3) is 2.76. The zero-order chi connectivity index (χ0) is 18.3. The molecule has 9 heteroatoms. The SMILES string of the molecule is CC[C@H]1CCCCN1C(=O)CN1C=NC2=NS(=O)(=O)c3ccccc3N21. The highest BCUT2D eigenvalue weighted by Crippen LogP contribution is 2.34. The molecule has 1 amide bonds. The van der Waals surface area contributed by atoms with Crippen LogP contribution in [0.5, 0.6) is 0 Å². The Balaban J connectivity index is 1.60. The van der Waals surface area contributed by atoms with Crippen LogP contribution in [0.15, 0.2) is 38.6 Å². The number of carbonyl (C=O) groups is 1. The molecule has 1 fully saturated rings. The molecule has 3 aliphatic rings. The van der Waals surface area contributed by atoms with E-state index in [4.69, 9.17) is 0 Å². The van der Waals surface area contributed by atoms with Crippen LogP contribution < -0.4 is 5.01 Å². The lowest BCUT2D eigenvalue weighted by Gasteiger charge is -2.37. The van der Waals surface area contributed by atoms with Crippen LogP contribution in [-0.4, -0.2) is 55.7 Å². The van der Waals surface area contributed by atoms with Gasteiger partial charge in [0, 0.05) is 12.6 Å². The Morgan fingerprint density at radius 3 is 2.88 bits per heavy atom. The first kappa shape index (κ1) is 17.0. The van der Waals surface area contributed by atoms with Gasteiger partial charge in [0.05, 0.1) is 5.69 Å². The van der Waals surface area contributed by atoms with E-state index in [9.17, 15) is 13.2 Å². The van der Waals surface area contributed by atoms with Crippen LogP contribution in [0.4, 0.5) is 5.69 Å². The molecule has 0 spiro atoms. The van der Waals surface area contributed by atoms with Crippen molar-refractivity contribution in [1.82, 2.24) is 9.91 Å². The van der Waals surface area contributed by atoms with Crippen molar-refractivity contribution in [3.8, 4) is 0 Å². The molecule has 3 heterocycles. The summed E-state index contributed by atoms with van der Waals surface area (Å²) in [5, 5.41) is 3.23. The summed E-state index contributed by atoms with van der Waals surface area (Å²) in [4.78, 5) is 19.0. The van der Waals surface area contributed by atoms with Gasteiger partial charge < -0.3 is 4.90 Å². The van der Waals surface area contributed by atoms with Crippen molar-refractivity contribution in [3.63, 3.8) is 0 Å². The van der Waals surface area contributed by atoms with E-state index in [-0.39, 0.29) is 29.3 Å². The van der Waals surface area contributed by atoms with Gasteiger partial charge >= 0.3 is 0 Å². The van der Waals surface area contributed by atoms with Crippen molar-refractivity contribution >= 4 is 33.9 Å². The van der Waals surface area contributed by atoms with E-state index >= 15 is 0 Å². The number of rotatable bonds is 3. The van der Waals surface area contributed by atoms with E-state index < -0.39 is 10.0 Å². The largest absolute Gasteiger partial charge is 0.338 e. The number of amides is 1. The number of para-hydroxylation sites is 1. The highest BCUT2D eigenvalue weighted by Gasteiger charge is 2.38. The van der Waals surface area contributed by atoms with Gasteiger partial charge in [-0.05, 0) is 37.8 Å². The molecule has 4 rings (SSSR count). The van der Waals surface area contributed by atoms with Crippen LogP contribution in [0.3, 0.4) is 0 Å². The van der Waals surface area contributed by atoms with Gasteiger partial charge in [-0.2, -0.15) is 13.4 Å². The number of sulfonamides is 1. The average Bonchev–Trinajstić information content (AvgIpc) is 3.03. The van der Waals surface area contributed by atoms with Crippen molar-refractivity contribution in [1.29, 1.82) is 0 Å².